The van der Waals surface area contributed by atoms with Crippen LogP contribution in [0, 0.1) is 11.8 Å². The van der Waals surface area contributed by atoms with Crippen LogP contribution >= 0.6 is 0 Å². The molecule has 1 amide bonds. The molecule has 1 N–H and O–H groups in total. The van der Waals surface area contributed by atoms with Crippen molar-refractivity contribution in [3.05, 3.63) is 12.7 Å². The Hall–Kier alpha value is -1.07. The number of alkyl carbamates (subject to hydrolysis) is 1. The Balaban J connectivity index is 1.82. The topological polar surface area (TPSA) is 50.8 Å². The standard InChI is InChI=1S/C21H38N2O3/c1-5-13-25-16-17-9-8-12-23(14-17)15-18-10-6-7-11-19(18)22-20(24)26-21(2,3)4/h5,17-19H,1,6-16H2,2-4H3,(H,22,24)/t17-,18-,19+/m1/s1. The quantitative estimate of drug-likeness (QED) is 0.547. The van der Waals surface area contributed by atoms with Gasteiger partial charge in [-0.25, -0.2) is 4.79 Å². The van der Waals surface area contributed by atoms with Gasteiger partial charge in [0.1, 0.15) is 5.60 Å². The largest absolute Gasteiger partial charge is 0.444 e. The molecule has 3 atom stereocenters. The van der Waals surface area contributed by atoms with E-state index in [4.69, 9.17) is 9.47 Å². The van der Waals surface area contributed by atoms with Crippen LogP contribution in [0.3, 0.4) is 0 Å². The van der Waals surface area contributed by atoms with Gasteiger partial charge in [-0.05, 0) is 64.8 Å². The molecule has 1 aliphatic heterocycles. The number of nitrogens with zero attached hydrogens (tertiary/aromatic N) is 1. The van der Waals surface area contributed by atoms with Crippen LogP contribution in [-0.4, -0.2) is 55.5 Å². The normalized spacial score (nSPS) is 27.7. The van der Waals surface area contributed by atoms with E-state index in [0.29, 0.717) is 18.4 Å². The minimum Gasteiger partial charge on any atom is -0.444 e. The summed E-state index contributed by atoms with van der Waals surface area (Å²) in [5.74, 6) is 1.13. The smallest absolute Gasteiger partial charge is 0.407 e. The molecular weight excluding hydrogens is 328 g/mol. The van der Waals surface area contributed by atoms with Crippen LogP contribution < -0.4 is 5.32 Å². The molecule has 1 aliphatic carbocycles. The number of hydrogen-bond acceptors (Lipinski definition) is 4. The fraction of sp³-hybridized carbons (Fsp3) is 0.857. The van der Waals surface area contributed by atoms with Crippen LogP contribution in [0.15, 0.2) is 12.7 Å². The van der Waals surface area contributed by atoms with Crippen molar-refractivity contribution < 1.29 is 14.3 Å². The maximum atomic E-state index is 12.2. The minimum absolute atomic E-state index is 0.232. The van der Waals surface area contributed by atoms with Crippen LogP contribution in [0.25, 0.3) is 0 Å². The Morgan fingerprint density at radius 2 is 2.00 bits per heavy atom. The van der Waals surface area contributed by atoms with Crippen molar-refractivity contribution in [1.29, 1.82) is 0 Å². The lowest BCUT2D eigenvalue weighted by Gasteiger charge is -2.39. The average Bonchev–Trinajstić information content (AvgIpc) is 2.56. The number of likely N-dealkylation sites (tertiary alicyclic amines) is 1. The summed E-state index contributed by atoms with van der Waals surface area (Å²) in [4.78, 5) is 14.8. The highest BCUT2D eigenvalue weighted by Crippen LogP contribution is 2.27. The molecule has 0 aromatic carbocycles. The molecule has 2 aliphatic rings. The maximum Gasteiger partial charge on any atom is 0.407 e. The van der Waals surface area contributed by atoms with Crippen LogP contribution in [0.5, 0.6) is 0 Å². The second-order valence-electron chi connectivity index (χ2n) is 8.89. The first-order valence-corrected chi connectivity index (χ1v) is 10.3. The third kappa shape index (κ3) is 7.67. The zero-order chi connectivity index (χ0) is 19.0. The molecule has 1 heterocycles. The van der Waals surface area contributed by atoms with E-state index in [2.05, 4.69) is 16.8 Å². The lowest BCUT2D eigenvalue weighted by molar-refractivity contribution is 0.0414. The summed E-state index contributed by atoms with van der Waals surface area (Å²) in [5, 5.41) is 3.14. The van der Waals surface area contributed by atoms with Gasteiger partial charge in [0.2, 0.25) is 0 Å². The third-order valence-corrected chi connectivity index (χ3v) is 5.30. The van der Waals surface area contributed by atoms with Crippen molar-refractivity contribution in [2.75, 3.05) is 32.8 Å². The SMILES string of the molecule is C=CCOC[C@@H]1CCCN(C[C@H]2CCCC[C@@H]2NC(=O)OC(C)(C)C)C1. The number of amides is 1. The number of rotatable bonds is 7. The molecule has 26 heavy (non-hydrogen) atoms. The first-order valence-electron chi connectivity index (χ1n) is 10.3. The lowest BCUT2D eigenvalue weighted by atomic mass is 9.83. The van der Waals surface area contributed by atoms with Gasteiger partial charge in [-0.1, -0.05) is 18.9 Å². The number of nitrogens with one attached hydrogen (secondary N) is 1. The van der Waals surface area contributed by atoms with E-state index in [9.17, 15) is 4.79 Å². The molecule has 2 fully saturated rings. The molecule has 0 bridgehead atoms. The van der Waals surface area contributed by atoms with Crippen LogP contribution in [-0.2, 0) is 9.47 Å². The summed E-state index contributed by atoms with van der Waals surface area (Å²) in [6, 6.07) is 0.232. The van der Waals surface area contributed by atoms with E-state index in [1.165, 1.54) is 32.1 Å². The summed E-state index contributed by atoms with van der Waals surface area (Å²) in [7, 11) is 0. The van der Waals surface area contributed by atoms with Crippen LogP contribution in [0.4, 0.5) is 4.79 Å². The van der Waals surface area contributed by atoms with Crippen LogP contribution in [0.1, 0.15) is 59.3 Å². The fourth-order valence-corrected chi connectivity index (χ4v) is 4.18. The van der Waals surface area contributed by atoms with Crippen molar-refractivity contribution in [3.8, 4) is 0 Å². The Morgan fingerprint density at radius 3 is 2.73 bits per heavy atom. The van der Waals surface area contributed by atoms with Gasteiger partial charge in [0.25, 0.3) is 0 Å². The van der Waals surface area contributed by atoms with Crippen molar-refractivity contribution in [1.82, 2.24) is 10.2 Å². The van der Waals surface area contributed by atoms with Gasteiger partial charge in [0, 0.05) is 19.1 Å². The number of piperidine rings is 1. The Bertz CT molecular complexity index is 447. The molecule has 2 rings (SSSR count). The average molecular weight is 367 g/mol. The minimum atomic E-state index is -0.445. The third-order valence-electron chi connectivity index (χ3n) is 5.30. The summed E-state index contributed by atoms with van der Waals surface area (Å²) in [5.41, 5.74) is -0.445. The highest BCUT2D eigenvalue weighted by molar-refractivity contribution is 5.68. The number of hydrogen-bond donors (Lipinski definition) is 1. The van der Waals surface area contributed by atoms with Gasteiger partial charge < -0.3 is 19.7 Å². The molecule has 0 unspecified atom stereocenters. The van der Waals surface area contributed by atoms with E-state index >= 15 is 0 Å². The Kier molecular flexibility index (Phi) is 8.42. The molecule has 1 saturated carbocycles. The first-order chi connectivity index (χ1) is 12.4. The van der Waals surface area contributed by atoms with E-state index in [-0.39, 0.29) is 12.1 Å². The second-order valence-corrected chi connectivity index (χ2v) is 8.89. The summed E-state index contributed by atoms with van der Waals surface area (Å²) < 4.78 is 11.1. The van der Waals surface area contributed by atoms with Gasteiger partial charge in [-0.2, -0.15) is 0 Å². The number of carbonyl (C=O) groups is 1. The summed E-state index contributed by atoms with van der Waals surface area (Å²) in [6.45, 7) is 14.2. The molecule has 5 nitrogen and oxygen atoms in total. The van der Waals surface area contributed by atoms with Crippen molar-refractivity contribution in [2.45, 2.75) is 70.9 Å². The van der Waals surface area contributed by atoms with Gasteiger partial charge >= 0.3 is 6.09 Å². The molecule has 150 valence electrons. The van der Waals surface area contributed by atoms with Crippen molar-refractivity contribution in [3.63, 3.8) is 0 Å². The monoisotopic (exact) mass is 366 g/mol. The van der Waals surface area contributed by atoms with Gasteiger partial charge in [-0.15, -0.1) is 6.58 Å². The highest BCUT2D eigenvalue weighted by atomic mass is 16.6. The van der Waals surface area contributed by atoms with Gasteiger partial charge in [0.15, 0.2) is 0 Å². The maximum absolute atomic E-state index is 12.2. The Labute approximate surface area is 159 Å². The predicted molar refractivity (Wildman–Crippen MR) is 105 cm³/mol. The van der Waals surface area contributed by atoms with Crippen molar-refractivity contribution in [2.24, 2.45) is 11.8 Å². The predicted octanol–water partition coefficient (Wildman–Crippen LogP) is 3.98. The number of ether oxygens (including phenoxy) is 2. The van der Waals surface area contributed by atoms with E-state index in [1.807, 2.05) is 26.8 Å². The fourth-order valence-electron chi connectivity index (χ4n) is 4.18. The highest BCUT2D eigenvalue weighted by Gasteiger charge is 2.31. The summed E-state index contributed by atoms with van der Waals surface area (Å²) >= 11 is 0. The van der Waals surface area contributed by atoms with Gasteiger partial charge in [0.05, 0.1) is 13.2 Å². The Morgan fingerprint density at radius 1 is 1.23 bits per heavy atom. The molecule has 0 spiro atoms. The van der Waals surface area contributed by atoms with Crippen molar-refractivity contribution >= 4 is 6.09 Å². The lowest BCUT2D eigenvalue weighted by Crippen LogP contribution is -2.49. The first kappa shape index (κ1) is 21.2. The zero-order valence-corrected chi connectivity index (χ0v) is 17.0. The van der Waals surface area contributed by atoms with Crippen LogP contribution in [0.2, 0.25) is 0 Å². The zero-order valence-electron chi connectivity index (χ0n) is 17.0. The van der Waals surface area contributed by atoms with E-state index in [1.54, 1.807) is 0 Å². The van der Waals surface area contributed by atoms with Gasteiger partial charge in [-0.3, -0.25) is 0 Å². The second kappa shape index (κ2) is 10.3. The molecule has 0 radical (unpaired) electrons. The molecule has 1 saturated heterocycles. The summed E-state index contributed by atoms with van der Waals surface area (Å²) in [6.07, 6.45) is 8.72. The molecule has 5 heteroatoms. The van der Waals surface area contributed by atoms with E-state index in [0.717, 1.165) is 32.7 Å². The molecule has 0 aromatic heterocycles. The molecular formula is C21H38N2O3. The number of carbonyl (C=O) groups excluding carboxylic acids is 1. The molecule has 0 aromatic rings. The van der Waals surface area contributed by atoms with E-state index < -0.39 is 5.60 Å².